The van der Waals surface area contributed by atoms with E-state index in [0.717, 1.165) is 23.1 Å². The van der Waals surface area contributed by atoms with E-state index in [1.807, 2.05) is 12.1 Å². The highest BCUT2D eigenvalue weighted by molar-refractivity contribution is 6.03. The average Bonchev–Trinajstić information content (AvgIpc) is 2.78. The number of hydrogen-bond donors (Lipinski definition) is 1. The molecule has 1 atom stereocenters. The molecule has 0 saturated heterocycles. The third-order valence-electron chi connectivity index (χ3n) is 4.96. The van der Waals surface area contributed by atoms with Crippen LogP contribution < -0.4 is 10.2 Å². The maximum absolute atomic E-state index is 13.2. The highest BCUT2D eigenvalue weighted by Gasteiger charge is 2.38. The van der Waals surface area contributed by atoms with Crippen LogP contribution in [0, 0.1) is 22.7 Å². The van der Waals surface area contributed by atoms with Crippen molar-refractivity contribution in [1.29, 1.82) is 10.5 Å². The van der Waals surface area contributed by atoms with Gasteiger partial charge >= 0.3 is 18.2 Å². The summed E-state index contributed by atoms with van der Waals surface area (Å²) >= 11 is 0. The van der Waals surface area contributed by atoms with Gasteiger partial charge in [0.25, 0.3) is 0 Å². The van der Waals surface area contributed by atoms with Crippen molar-refractivity contribution in [2.45, 2.75) is 25.6 Å². The molecule has 33 heavy (non-hydrogen) atoms. The van der Waals surface area contributed by atoms with Gasteiger partial charge in [0, 0.05) is 5.70 Å². The Hall–Kier alpha value is -4.31. The molecule has 3 rings (SSSR count). The number of anilines is 1. The number of halogens is 3. The number of ether oxygens (including phenoxy) is 1. The smallest absolute Gasteiger partial charge is 0.416 e. The SMILES string of the molecule is CC1=C(C(=O)OCCC#N)C(c2ccc(C#N)cc2)NC(=O)N1c1cccc(C(F)(F)F)c1. The van der Waals surface area contributed by atoms with Gasteiger partial charge in [-0.1, -0.05) is 18.2 Å². The molecule has 7 nitrogen and oxygen atoms in total. The summed E-state index contributed by atoms with van der Waals surface area (Å²) in [4.78, 5) is 26.8. The number of nitriles is 2. The van der Waals surface area contributed by atoms with Crippen LogP contribution in [0.15, 0.2) is 59.8 Å². The Kier molecular flexibility index (Phi) is 6.69. The Balaban J connectivity index is 2.10. The van der Waals surface area contributed by atoms with Gasteiger partial charge in [-0.2, -0.15) is 23.7 Å². The molecule has 2 aromatic rings. The molecule has 0 aliphatic carbocycles. The van der Waals surface area contributed by atoms with Crippen molar-refractivity contribution in [3.63, 3.8) is 0 Å². The standard InChI is InChI=1S/C23H17F3N4O3/c1-14-19(21(31)33-11-3-10-27)20(16-8-6-15(13-28)7-9-16)29-22(32)30(14)18-5-2-4-17(12-18)23(24,25)26/h2,4-9,12,20H,3,11H2,1H3,(H,29,32). The number of allylic oxidation sites excluding steroid dienone is 1. The maximum Gasteiger partial charge on any atom is 0.416 e. The molecule has 1 aliphatic rings. The van der Waals surface area contributed by atoms with Gasteiger partial charge in [0.1, 0.15) is 6.61 Å². The zero-order valence-corrected chi connectivity index (χ0v) is 17.3. The predicted molar refractivity (Wildman–Crippen MR) is 110 cm³/mol. The summed E-state index contributed by atoms with van der Waals surface area (Å²) in [6, 6.07) is 12.4. The lowest BCUT2D eigenvalue weighted by atomic mass is 9.94. The van der Waals surface area contributed by atoms with Crippen LogP contribution in [0.25, 0.3) is 0 Å². The fourth-order valence-electron chi connectivity index (χ4n) is 3.41. The molecule has 10 heteroatoms. The second kappa shape index (κ2) is 9.45. The Morgan fingerprint density at radius 3 is 2.48 bits per heavy atom. The third kappa shape index (κ3) is 4.96. The molecule has 1 heterocycles. The molecule has 0 saturated carbocycles. The summed E-state index contributed by atoms with van der Waals surface area (Å²) in [5.41, 5.74) is -0.125. The van der Waals surface area contributed by atoms with Crippen molar-refractivity contribution in [2.75, 3.05) is 11.5 Å². The second-order valence-corrected chi connectivity index (χ2v) is 7.04. The van der Waals surface area contributed by atoms with Crippen LogP contribution in [0.4, 0.5) is 23.7 Å². The normalized spacial score (nSPS) is 16.0. The van der Waals surface area contributed by atoms with E-state index < -0.39 is 29.8 Å². The summed E-state index contributed by atoms with van der Waals surface area (Å²) in [6.07, 6.45) is -4.67. The van der Waals surface area contributed by atoms with Crippen LogP contribution in [0.5, 0.6) is 0 Å². The number of hydrogen-bond acceptors (Lipinski definition) is 5. The number of nitrogens with zero attached hydrogens (tertiary/aromatic N) is 3. The Bertz CT molecular complexity index is 1190. The summed E-state index contributed by atoms with van der Waals surface area (Å²) in [5, 5.41) is 20.3. The van der Waals surface area contributed by atoms with Crippen molar-refractivity contribution in [3.05, 3.63) is 76.5 Å². The number of esters is 1. The molecular formula is C23H17F3N4O3. The Morgan fingerprint density at radius 1 is 1.18 bits per heavy atom. The second-order valence-electron chi connectivity index (χ2n) is 7.04. The molecule has 0 spiro atoms. The molecule has 0 bridgehead atoms. The van der Waals surface area contributed by atoms with Crippen molar-refractivity contribution >= 4 is 17.7 Å². The highest BCUT2D eigenvalue weighted by Crippen LogP contribution is 2.37. The number of benzene rings is 2. The molecule has 1 N–H and O–H groups in total. The minimum absolute atomic E-state index is 0.00495. The van der Waals surface area contributed by atoms with Crippen LogP contribution >= 0.6 is 0 Å². The van der Waals surface area contributed by atoms with E-state index in [-0.39, 0.29) is 30.0 Å². The largest absolute Gasteiger partial charge is 0.461 e. The molecule has 2 aromatic carbocycles. The van der Waals surface area contributed by atoms with Gasteiger partial charge in [-0.05, 0) is 42.8 Å². The third-order valence-corrected chi connectivity index (χ3v) is 4.96. The van der Waals surface area contributed by atoms with Crippen LogP contribution in [-0.2, 0) is 15.7 Å². The first-order valence-corrected chi connectivity index (χ1v) is 9.70. The van der Waals surface area contributed by atoms with E-state index in [2.05, 4.69) is 5.32 Å². The van der Waals surface area contributed by atoms with Crippen LogP contribution in [-0.4, -0.2) is 18.6 Å². The van der Waals surface area contributed by atoms with E-state index in [4.69, 9.17) is 15.3 Å². The number of urea groups is 1. The quantitative estimate of drug-likeness (QED) is 0.526. The first kappa shape index (κ1) is 23.4. The van der Waals surface area contributed by atoms with E-state index in [1.54, 1.807) is 12.1 Å². The molecule has 168 valence electrons. The number of rotatable bonds is 5. The fraction of sp³-hybridized carbons (Fsp3) is 0.217. The van der Waals surface area contributed by atoms with Gasteiger partial charge < -0.3 is 10.1 Å². The molecule has 0 fully saturated rings. The topological polar surface area (TPSA) is 106 Å². The minimum atomic E-state index is -4.62. The van der Waals surface area contributed by atoms with Gasteiger partial charge in [0.2, 0.25) is 0 Å². The Labute approximate surface area is 187 Å². The Morgan fingerprint density at radius 2 is 1.88 bits per heavy atom. The lowest BCUT2D eigenvalue weighted by Crippen LogP contribution is -2.48. The highest BCUT2D eigenvalue weighted by atomic mass is 19.4. The number of carbonyl (C=O) groups excluding carboxylic acids is 2. The monoisotopic (exact) mass is 454 g/mol. The van der Waals surface area contributed by atoms with Crippen LogP contribution in [0.2, 0.25) is 0 Å². The first-order chi connectivity index (χ1) is 15.7. The maximum atomic E-state index is 13.2. The van der Waals surface area contributed by atoms with Crippen LogP contribution in [0.3, 0.4) is 0 Å². The van der Waals surface area contributed by atoms with Crippen molar-refractivity contribution < 1.29 is 27.5 Å². The fourth-order valence-corrected chi connectivity index (χ4v) is 3.41. The molecule has 1 unspecified atom stereocenters. The lowest BCUT2D eigenvalue weighted by molar-refractivity contribution is -0.139. The van der Waals surface area contributed by atoms with Crippen molar-refractivity contribution in [1.82, 2.24) is 5.32 Å². The molecule has 0 aromatic heterocycles. The summed E-state index contributed by atoms with van der Waals surface area (Å²) in [7, 11) is 0. The number of nitrogens with one attached hydrogen (secondary N) is 1. The van der Waals surface area contributed by atoms with Gasteiger partial charge in [-0.15, -0.1) is 0 Å². The summed E-state index contributed by atoms with van der Waals surface area (Å²) < 4.78 is 44.8. The minimum Gasteiger partial charge on any atom is -0.461 e. The number of alkyl halides is 3. The van der Waals surface area contributed by atoms with Gasteiger partial charge in [0.15, 0.2) is 0 Å². The zero-order chi connectivity index (χ0) is 24.2. The summed E-state index contributed by atoms with van der Waals surface area (Å²) in [5.74, 6) is -0.825. The molecule has 1 aliphatic heterocycles. The molecular weight excluding hydrogens is 437 g/mol. The molecule has 0 radical (unpaired) electrons. The van der Waals surface area contributed by atoms with Crippen molar-refractivity contribution in [2.24, 2.45) is 0 Å². The molecule has 2 amide bonds. The predicted octanol–water partition coefficient (Wildman–Crippen LogP) is 4.58. The van der Waals surface area contributed by atoms with Crippen LogP contribution in [0.1, 0.15) is 36.1 Å². The average molecular weight is 454 g/mol. The van der Waals surface area contributed by atoms with E-state index in [1.165, 1.54) is 25.1 Å². The lowest BCUT2D eigenvalue weighted by Gasteiger charge is -2.35. The van der Waals surface area contributed by atoms with E-state index in [0.29, 0.717) is 11.1 Å². The zero-order valence-electron chi connectivity index (χ0n) is 17.3. The van der Waals surface area contributed by atoms with Crippen molar-refractivity contribution in [3.8, 4) is 12.1 Å². The van der Waals surface area contributed by atoms with Gasteiger partial charge in [-0.3, -0.25) is 4.90 Å². The first-order valence-electron chi connectivity index (χ1n) is 9.70. The van der Waals surface area contributed by atoms with E-state index in [9.17, 15) is 22.8 Å². The summed E-state index contributed by atoms with van der Waals surface area (Å²) in [6.45, 7) is 1.24. The van der Waals surface area contributed by atoms with E-state index >= 15 is 0 Å². The number of carbonyl (C=O) groups is 2. The van der Waals surface area contributed by atoms with Gasteiger partial charge in [0.05, 0.1) is 47.0 Å². The number of amides is 2. The van der Waals surface area contributed by atoms with Gasteiger partial charge in [-0.25, -0.2) is 9.59 Å².